The summed E-state index contributed by atoms with van der Waals surface area (Å²) >= 11 is 5.71. The molecule has 1 heterocycles. The fraction of sp³-hybridized carbons (Fsp3) is 0.150. The lowest BCUT2D eigenvalue weighted by atomic mass is 10.1. The van der Waals surface area contributed by atoms with Crippen molar-refractivity contribution in [3.05, 3.63) is 58.4 Å². The molecular weight excluding hydrogens is 401 g/mol. The number of hydrogen-bond acceptors (Lipinski definition) is 4. The van der Waals surface area contributed by atoms with Crippen molar-refractivity contribution in [3.8, 4) is 5.88 Å². The van der Waals surface area contributed by atoms with Crippen LogP contribution in [0.5, 0.6) is 5.88 Å². The van der Waals surface area contributed by atoms with Gasteiger partial charge in [0.05, 0.1) is 11.1 Å². The molecule has 0 aliphatic carbocycles. The average molecular weight is 418 g/mol. The molecule has 0 saturated carbocycles. The Labute approximate surface area is 170 Å². The van der Waals surface area contributed by atoms with Crippen LogP contribution in [-0.4, -0.2) is 27.5 Å². The molecule has 150 valence electrons. The number of aryl methyl sites for hydroxylation is 1. The summed E-state index contributed by atoms with van der Waals surface area (Å²) in [6, 6.07) is 7.61. The van der Waals surface area contributed by atoms with E-state index in [1.54, 1.807) is 32.0 Å². The molecule has 7 nitrogen and oxygen atoms in total. The second kappa shape index (κ2) is 7.92. The third-order valence-corrected chi connectivity index (χ3v) is 4.52. The molecule has 0 spiro atoms. The number of hydrogen-bond donors (Lipinski definition) is 3. The molecule has 2 aromatic carbocycles. The monoisotopic (exact) mass is 417 g/mol. The minimum atomic E-state index is -0.874. The summed E-state index contributed by atoms with van der Waals surface area (Å²) in [6.45, 7) is 3.37. The van der Waals surface area contributed by atoms with Crippen LogP contribution < -0.4 is 10.6 Å². The number of fused-ring (bicyclic) bond motifs is 1. The molecule has 3 amide bonds. The number of halogens is 2. The van der Waals surface area contributed by atoms with Crippen LogP contribution in [0.1, 0.15) is 29.3 Å². The Kier molecular flexibility index (Phi) is 5.56. The first-order valence-electron chi connectivity index (χ1n) is 8.67. The highest BCUT2D eigenvalue weighted by Crippen LogP contribution is 2.37. The van der Waals surface area contributed by atoms with E-state index in [1.165, 1.54) is 12.1 Å². The Morgan fingerprint density at radius 1 is 1.17 bits per heavy atom. The summed E-state index contributed by atoms with van der Waals surface area (Å²) < 4.78 is 15.0. The number of imide groups is 1. The van der Waals surface area contributed by atoms with Crippen LogP contribution in [0.25, 0.3) is 10.9 Å². The fourth-order valence-electron chi connectivity index (χ4n) is 2.84. The molecule has 0 radical (unpaired) electrons. The molecule has 0 aliphatic heterocycles. The molecular formula is C20H17ClFN3O4. The predicted octanol–water partition coefficient (Wildman–Crippen LogP) is 4.19. The summed E-state index contributed by atoms with van der Waals surface area (Å²) in [5, 5.41) is 15.7. The molecule has 29 heavy (non-hydrogen) atoms. The molecule has 0 bridgehead atoms. The normalized spacial score (nSPS) is 10.8. The quantitative estimate of drug-likeness (QED) is 0.594. The fourth-order valence-corrected chi connectivity index (χ4v) is 3.00. The van der Waals surface area contributed by atoms with Gasteiger partial charge >= 0.3 is 6.03 Å². The van der Waals surface area contributed by atoms with Gasteiger partial charge in [-0.15, -0.1) is 0 Å². The maximum Gasteiger partial charge on any atom is 0.335 e. The molecule has 0 aliphatic rings. The van der Waals surface area contributed by atoms with Gasteiger partial charge in [0.15, 0.2) is 0 Å². The Balaban J connectivity index is 2.09. The summed E-state index contributed by atoms with van der Waals surface area (Å²) in [5.41, 5.74) is 0.698. The van der Waals surface area contributed by atoms with E-state index in [0.717, 1.165) is 16.2 Å². The summed E-state index contributed by atoms with van der Waals surface area (Å²) in [4.78, 5) is 36.6. The summed E-state index contributed by atoms with van der Waals surface area (Å²) in [6.07, 6.45) is 0.0737. The standard InChI is InChI=1S/C20H17ClFN3O4/c1-3-16(26)23-20(29)25-15-7-4-10(2)8-13(15)17(19(25)28)24-18(27)12-6-5-11(21)9-14(12)22/h4-9,28H,3H2,1-2H3,(H,24,27)(H,23,26,29). The van der Waals surface area contributed by atoms with Gasteiger partial charge in [-0.2, -0.15) is 0 Å². The molecule has 9 heteroatoms. The molecule has 0 unspecified atom stereocenters. The zero-order valence-corrected chi connectivity index (χ0v) is 16.3. The maximum absolute atomic E-state index is 14.1. The van der Waals surface area contributed by atoms with Gasteiger partial charge in [-0.3, -0.25) is 14.9 Å². The Morgan fingerprint density at radius 3 is 2.55 bits per heavy atom. The van der Waals surface area contributed by atoms with Crippen molar-refractivity contribution >= 4 is 46.0 Å². The first-order chi connectivity index (χ1) is 13.7. The topological polar surface area (TPSA) is 100 Å². The van der Waals surface area contributed by atoms with Crippen LogP contribution >= 0.6 is 11.6 Å². The van der Waals surface area contributed by atoms with Crippen molar-refractivity contribution in [2.75, 3.05) is 5.32 Å². The average Bonchev–Trinajstić information content (AvgIpc) is 2.92. The number of rotatable bonds is 3. The van der Waals surface area contributed by atoms with Crippen molar-refractivity contribution in [2.24, 2.45) is 0 Å². The molecule has 0 atom stereocenters. The van der Waals surface area contributed by atoms with Crippen LogP contribution in [0.4, 0.5) is 14.9 Å². The van der Waals surface area contributed by atoms with E-state index in [0.29, 0.717) is 5.39 Å². The Hall–Kier alpha value is -3.39. The van der Waals surface area contributed by atoms with Crippen molar-refractivity contribution in [1.82, 2.24) is 9.88 Å². The lowest BCUT2D eigenvalue weighted by Crippen LogP contribution is -2.33. The number of aromatic hydroxyl groups is 1. The highest BCUT2D eigenvalue weighted by molar-refractivity contribution is 6.30. The number of nitrogens with one attached hydrogen (secondary N) is 2. The molecule has 0 saturated heterocycles. The van der Waals surface area contributed by atoms with Crippen molar-refractivity contribution in [2.45, 2.75) is 20.3 Å². The van der Waals surface area contributed by atoms with E-state index in [9.17, 15) is 23.9 Å². The zero-order chi connectivity index (χ0) is 21.3. The molecule has 3 N–H and O–H groups in total. The molecule has 3 rings (SSSR count). The Morgan fingerprint density at radius 2 is 1.90 bits per heavy atom. The Bertz CT molecular complexity index is 1160. The van der Waals surface area contributed by atoms with E-state index >= 15 is 0 Å². The first kappa shape index (κ1) is 20.3. The van der Waals surface area contributed by atoms with E-state index < -0.39 is 29.5 Å². The minimum Gasteiger partial charge on any atom is -0.493 e. The number of nitrogens with zero attached hydrogens (tertiary/aromatic N) is 1. The highest BCUT2D eigenvalue weighted by atomic mass is 35.5. The van der Waals surface area contributed by atoms with Crippen LogP contribution in [-0.2, 0) is 4.79 Å². The maximum atomic E-state index is 14.1. The number of carbonyl (C=O) groups is 3. The molecule has 3 aromatic rings. The van der Waals surface area contributed by atoms with Gasteiger partial charge in [0.25, 0.3) is 5.91 Å². The van der Waals surface area contributed by atoms with Gasteiger partial charge in [0.2, 0.25) is 11.8 Å². The van der Waals surface area contributed by atoms with E-state index in [1.807, 2.05) is 0 Å². The van der Waals surface area contributed by atoms with Crippen molar-refractivity contribution in [1.29, 1.82) is 0 Å². The molecule has 0 fully saturated rings. The zero-order valence-electron chi connectivity index (χ0n) is 15.5. The predicted molar refractivity (Wildman–Crippen MR) is 107 cm³/mol. The summed E-state index contributed by atoms with van der Waals surface area (Å²) in [7, 11) is 0. The van der Waals surface area contributed by atoms with Gasteiger partial charge < -0.3 is 10.4 Å². The van der Waals surface area contributed by atoms with Crippen LogP contribution in [0.15, 0.2) is 36.4 Å². The molecule has 1 aromatic heterocycles. The third kappa shape index (κ3) is 3.93. The smallest absolute Gasteiger partial charge is 0.335 e. The van der Waals surface area contributed by atoms with Gasteiger partial charge in [-0.1, -0.05) is 30.2 Å². The number of amides is 3. The number of benzene rings is 2. The lowest BCUT2D eigenvalue weighted by Gasteiger charge is -2.08. The largest absolute Gasteiger partial charge is 0.493 e. The van der Waals surface area contributed by atoms with E-state index in [4.69, 9.17) is 11.6 Å². The lowest BCUT2D eigenvalue weighted by molar-refractivity contribution is -0.119. The van der Waals surface area contributed by atoms with Gasteiger partial charge in [0, 0.05) is 16.8 Å². The third-order valence-electron chi connectivity index (χ3n) is 4.28. The van der Waals surface area contributed by atoms with Gasteiger partial charge in [0.1, 0.15) is 11.5 Å². The van der Waals surface area contributed by atoms with E-state index in [-0.39, 0.29) is 28.2 Å². The second-order valence-electron chi connectivity index (χ2n) is 6.34. The number of aromatic nitrogens is 1. The van der Waals surface area contributed by atoms with Crippen LogP contribution in [0.2, 0.25) is 5.02 Å². The number of carbonyl (C=O) groups excluding carboxylic acids is 3. The van der Waals surface area contributed by atoms with E-state index in [2.05, 4.69) is 10.6 Å². The first-order valence-corrected chi connectivity index (χ1v) is 9.05. The van der Waals surface area contributed by atoms with Gasteiger partial charge in [-0.25, -0.2) is 13.8 Å². The van der Waals surface area contributed by atoms with Gasteiger partial charge in [-0.05, 0) is 37.3 Å². The second-order valence-corrected chi connectivity index (χ2v) is 6.78. The van der Waals surface area contributed by atoms with Crippen molar-refractivity contribution < 1.29 is 23.9 Å². The van der Waals surface area contributed by atoms with Crippen LogP contribution in [0, 0.1) is 12.7 Å². The highest BCUT2D eigenvalue weighted by Gasteiger charge is 2.24. The number of anilines is 1. The van der Waals surface area contributed by atoms with Crippen molar-refractivity contribution in [3.63, 3.8) is 0 Å². The minimum absolute atomic E-state index is 0.0737. The summed E-state index contributed by atoms with van der Waals surface area (Å²) in [5.74, 6) is -2.78. The van der Waals surface area contributed by atoms with Crippen LogP contribution in [0.3, 0.4) is 0 Å². The SMILES string of the molecule is CCC(=O)NC(=O)n1c(O)c(NC(=O)c2ccc(Cl)cc2F)c2cc(C)ccc21.